The molecule has 0 saturated heterocycles. The van der Waals surface area contributed by atoms with Crippen LogP contribution in [0.3, 0.4) is 0 Å². The topological polar surface area (TPSA) is 32.3 Å². The lowest BCUT2D eigenvalue weighted by Gasteiger charge is -2.31. The summed E-state index contributed by atoms with van der Waals surface area (Å²) in [5.74, 6) is 0.186. The Kier molecular flexibility index (Phi) is 4.62. The third-order valence-corrected chi connectivity index (χ3v) is 3.73. The zero-order valence-electron chi connectivity index (χ0n) is 11.1. The second-order valence-electron chi connectivity index (χ2n) is 5.02. The molecule has 0 bridgehead atoms. The molecule has 1 N–H and O–H groups in total. The number of hydrogen-bond donors (Lipinski definition) is 1. The molecule has 0 spiro atoms. The molecular formula is C15H22N2O. The summed E-state index contributed by atoms with van der Waals surface area (Å²) >= 11 is 0. The molecule has 3 heteroatoms. The van der Waals surface area contributed by atoms with Crippen molar-refractivity contribution in [1.29, 1.82) is 0 Å². The van der Waals surface area contributed by atoms with E-state index in [1.807, 2.05) is 42.3 Å². The fraction of sp³-hybridized carbons (Fsp3) is 0.533. The Balaban J connectivity index is 1.80. The fourth-order valence-corrected chi connectivity index (χ4v) is 2.53. The molecule has 0 heterocycles. The van der Waals surface area contributed by atoms with Crippen molar-refractivity contribution < 1.29 is 4.79 Å². The minimum atomic E-state index is 0.186. The van der Waals surface area contributed by atoms with Gasteiger partial charge in [-0.15, -0.1) is 0 Å². The van der Waals surface area contributed by atoms with Gasteiger partial charge in [-0.2, -0.15) is 0 Å². The summed E-state index contributed by atoms with van der Waals surface area (Å²) in [7, 11) is 1.94. The van der Waals surface area contributed by atoms with Crippen molar-refractivity contribution in [2.24, 2.45) is 0 Å². The van der Waals surface area contributed by atoms with Crippen molar-refractivity contribution in [2.75, 3.05) is 18.9 Å². The highest BCUT2D eigenvalue weighted by Crippen LogP contribution is 2.21. The molecule has 2 rings (SSSR count). The van der Waals surface area contributed by atoms with Crippen LogP contribution in [0, 0.1) is 0 Å². The molecule has 0 aliphatic heterocycles. The smallest absolute Gasteiger partial charge is 0.241 e. The average Bonchev–Trinajstić information content (AvgIpc) is 2.46. The number of likely N-dealkylation sites (N-methyl/N-ethyl adjacent to an activating group) is 1. The van der Waals surface area contributed by atoms with Crippen LogP contribution in [0.15, 0.2) is 30.3 Å². The standard InChI is InChI=1S/C15H22N2O/c1-17(14-10-6-3-7-11-14)15(18)12-16-13-8-4-2-5-9-13/h2,4-5,8-9,14,16H,3,6-7,10-12H2,1H3. The van der Waals surface area contributed by atoms with Crippen LogP contribution >= 0.6 is 0 Å². The molecule has 0 aromatic heterocycles. The molecule has 0 atom stereocenters. The van der Waals surface area contributed by atoms with E-state index in [1.165, 1.54) is 19.3 Å². The summed E-state index contributed by atoms with van der Waals surface area (Å²) in [6, 6.07) is 10.3. The van der Waals surface area contributed by atoms with Crippen molar-refractivity contribution in [3.8, 4) is 0 Å². The molecule has 1 aliphatic rings. The van der Waals surface area contributed by atoms with Gasteiger partial charge in [0, 0.05) is 18.8 Å². The predicted molar refractivity (Wildman–Crippen MR) is 74.6 cm³/mol. The van der Waals surface area contributed by atoms with Crippen LogP contribution in [0.4, 0.5) is 5.69 Å². The number of amides is 1. The highest BCUT2D eigenvalue weighted by Gasteiger charge is 2.21. The lowest BCUT2D eigenvalue weighted by molar-refractivity contribution is -0.130. The van der Waals surface area contributed by atoms with Gasteiger partial charge in [0.2, 0.25) is 5.91 Å². The SMILES string of the molecule is CN(C(=O)CNc1ccccc1)C1CCCCC1. The summed E-state index contributed by atoms with van der Waals surface area (Å²) in [4.78, 5) is 14.0. The Morgan fingerprint density at radius 2 is 1.89 bits per heavy atom. The molecule has 3 nitrogen and oxygen atoms in total. The van der Waals surface area contributed by atoms with Gasteiger partial charge < -0.3 is 10.2 Å². The molecule has 1 aromatic carbocycles. The van der Waals surface area contributed by atoms with Crippen LogP contribution in [0.2, 0.25) is 0 Å². The zero-order chi connectivity index (χ0) is 12.8. The van der Waals surface area contributed by atoms with Gasteiger partial charge in [0.25, 0.3) is 0 Å². The van der Waals surface area contributed by atoms with Crippen molar-refractivity contribution in [3.05, 3.63) is 30.3 Å². The minimum Gasteiger partial charge on any atom is -0.376 e. The number of nitrogens with zero attached hydrogens (tertiary/aromatic N) is 1. The fourth-order valence-electron chi connectivity index (χ4n) is 2.53. The predicted octanol–water partition coefficient (Wildman–Crippen LogP) is 2.89. The Bertz CT molecular complexity index is 371. The maximum Gasteiger partial charge on any atom is 0.241 e. The van der Waals surface area contributed by atoms with E-state index >= 15 is 0 Å². The molecule has 1 amide bonds. The Hall–Kier alpha value is -1.51. The first-order valence-corrected chi connectivity index (χ1v) is 6.82. The van der Waals surface area contributed by atoms with Crippen molar-refractivity contribution in [3.63, 3.8) is 0 Å². The van der Waals surface area contributed by atoms with Crippen molar-refractivity contribution in [2.45, 2.75) is 38.1 Å². The number of hydrogen-bond acceptors (Lipinski definition) is 2. The lowest BCUT2D eigenvalue weighted by atomic mass is 9.94. The molecular weight excluding hydrogens is 224 g/mol. The van der Waals surface area contributed by atoms with Gasteiger partial charge in [-0.05, 0) is 25.0 Å². The van der Waals surface area contributed by atoms with E-state index in [4.69, 9.17) is 0 Å². The summed E-state index contributed by atoms with van der Waals surface area (Å²) in [5.41, 5.74) is 1.00. The Morgan fingerprint density at radius 3 is 2.56 bits per heavy atom. The molecule has 1 aliphatic carbocycles. The van der Waals surface area contributed by atoms with Gasteiger partial charge in [-0.3, -0.25) is 4.79 Å². The largest absolute Gasteiger partial charge is 0.376 e. The lowest BCUT2D eigenvalue weighted by Crippen LogP contribution is -2.41. The third kappa shape index (κ3) is 3.49. The van der Waals surface area contributed by atoms with Crippen LogP contribution in [0.25, 0.3) is 0 Å². The third-order valence-electron chi connectivity index (χ3n) is 3.73. The average molecular weight is 246 g/mol. The number of para-hydroxylation sites is 1. The maximum absolute atomic E-state index is 12.1. The number of benzene rings is 1. The Morgan fingerprint density at radius 1 is 1.22 bits per heavy atom. The van der Waals surface area contributed by atoms with E-state index in [-0.39, 0.29) is 5.91 Å². The highest BCUT2D eigenvalue weighted by molar-refractivity contribution is 5.80. The Labute approximate surface area is 109 Å². The van der Waals surface area contributed by atoms with Crippen molar-refractivity contribution >= 4 is 11.6 Å². The number of rotatable bonds is 4. The van der Waals surface area contributed by atoms with E-state index in [1.54, 1.807) is 0 Å². The quantitative estimate of drug-likeness (QED) is 0.886. The van der Waals surface area contributed by atoms with Crippen molar-refractivity contribution in [1.82, 2.24) is 4.90 Å². The number of anilines is 1. The molecule has 1 saturated carbocycles. The number of nitrogens with one attached hydrogen (secondary N) is 1. The molecule has 98 valence electrons. The first-order valence-electron chi connectivity index (χ1n) is 6.82. The van der Waals surface area contributed by atoms with E-state index < -0.39 is 0 Å². The van der Waals surface area contributed by atoms with Gasteiger partial charge in [0.15, 0.2) is 0 Å². The normalized spacial score (nSPS) is 16.3. The van der Waals surface area contributed by atoms with Gasteiger partial charge in [-0.1, -0.05) is 37.5 Å². The van der Waals surface area contributed by atoms with Crippen LogP contribution in [-0.4, -0.2) is 30.4 Å². The van der Waals surface area contributed by atoms with Gasteiger partial charge in [0.1, 0.15) is 0 Å². The summed E-state index contributed by atoms with van der Waals surface area (Å²) in [6.07, 6.45) is 6.16. The monoisotopic (exact) mass is 246 g/mol. The van der Waals surface area contributed by atoms with E-state index in [2.05, 4.69) is 5.32 Å². The van der Waals surface area contributed by atoms with Gasteiger partial charge in [0.05, 0.1) is 6.54 Å². The molecule has 0 radical (unpaired) electrons. The summed E-state index contributed by atoms with van der Waals surface area (Å²) < 4.78 is 0. The van der Waals surface area contributed by atoms with Gasteiger partial charge >= 0.3 is 0 Å². The van der Waals surface area contributed by atoms with E-state index in [0.717, 1.165) is 18.5 Å². The maximum atomic E-state index is 12.1. The minimum absolute atomic E-state index is 0.186. The molecule has 1 fully saturated rings. The summed E-state index contributed by atoms with van der Waals surface area (Å²) in [6.45, 7) is 0.386. The van der Waals surface area contributed by atoms with Crippen LogP contribution in [0.1, 0.15) is 32.1 Å². The van der Waals surface area contributed by atoms with Crippen LogP contribution in [-0.2, 0) is 4.79 Å². The molecule has 18 heavy (non-hydrogen) atoms. The van der Waals surface area contributed by atoms with Crippen LogP contribution in [0.5, 0.6) is 0 Å². The summed E-state index contributed by atoms with van der Waals surface area (Å²) in [5, 5.41) is 3.17. The first-order chi connectivity index (χ1) is 8.77. The molecule has 0 unspecified atom stereocenters. The van der Waals surface area contributed by atoms with Gasteiger partial charge in [-0.25, -0.2) is 0 Å². The van der Waals surface area contributed by atoms with E-state index in [9.17, 15) is 4.79 Å². The second kappa shape index (κ2) is 6.43. The zero-order valence-corrected chi connectivity index (χ0v) is 11.1. The molecule has 1 aromatic rings. The second-order valence-corrected chi connectivity index (χ2v) is 5.02. The number of carbonyl (C=O) groups excluding carboxylic acids is 1. The number of carbonyl (C=O) groups is 1. The van der Waals surface area contributed by atoms with E-state index in [0.29, 0.717) is 12.6 Å². The highest BCUT2D eigenvalue weighted by atomic mass is 16.2. The van der Waals surface area contributed by atoms with Crippen LogP contribution < -0.4 is 5.32 Å². The first kappa shape index (κ1) is 12.9.